The topological polar surface area (TPSA) is 26.0 Å². The van der Waals surface area contributed by atoms with Crippen molar-refractivity contribution in [2.24, 2.45) is 11.7 Å². The number of halogens is 3. The quantitative estimate of drug-likeness (QED) is 0.797. The second-order valence-corrected chi connectivity index (χ2v) is 5.88. The van der Waals surface area contributed by atoms with Crippen LogP contribution >= 0.6 is 39.9 Å². The van der Waals surface area contributed by atoms with Gasteiger partial charge in [0, 0.05) is 15.5 Å². The van der Waals surface area contributed by atoms with E-state index in [4.69, 9.17) is 17.3 Å². The molecule has 0 amide bonds. The molecule has 2 N–H and O–H groups in total. The lowest BCUT2D eigenvalue weighted by atomic mass is 9.81. The Labute approximate surface area is 123 Å². The average molecular weight is 339 g/mol. The zero-order valence-corrected chi connectivity index (χ0v) is 12.8. The molecular formula is C13H18BrCl2N. The number of hydrogen-bond acceptors (Lipinski definition) is 1. The van der Waals surface area contributed by atoms with Crippen LogP contribution in [0.1, 0.15) is 43.7 Å². The highest BCUT2D eigenvalue weighted by atomic mass is 79.9. The molecule has 2 rings (SSSR count). The molecule has 0 aromatic heterocycles. The maximum atomic E-state index is 6.35. The molecule has 0 unspecified atom stereocenters. The van der Waals surface area contributed by atoms with Crippen LogP contribution in [0.3, 0.4) is 0 Å². The fourth-order valence-electron chi connectivity index (χ4n) is 2.52. The van der Waals surface area contributed by atoms with Crippen LogP contribution in [0.5, 0.6) is 0 Å². The first kappa shape index (κ1) is 15.3. The van der Waals surface area contributed by atoms with Crippen molar-refractivity contribution in [3.05, 3.63) is 33.3 Å². The standard InChI is InChI=1S/C13H17BrClN.ClH/c14-12-7-6-10(15)8-11(12)13(16)9-4-2-1-3-5-9;/h6-9,13H,1-5,16H2;1H/t13-;/m1./s1. The first-order valence-electron chi connectivity index (χ1n) is 5.89. The Bertz CT molecular complexity index is 364. The molecule has 0 bridgehead atoms. The molecule has 0 saturated heterocycles. The van der Waals surface area contributed by atoms with Crippen LogP contribution in [0.4, 0.5) is 0 Å². The van der Waals surface area contributed by atoms with Gasteiger partial charge in [-0.2, -0.15) is 0 Å². The third-order valence-corrected chi connectivity index (χ3v) is 4.43. The predicted octanol–water partition coefficient (Wildman–Crippen LogP) is 5.10. The molecule has 1 aliphatic carbocycles. The summed E-state index contributed by atoms with van der Waals surface area (Å²) in [6.07, 6.45) is 6.49. The molecule has 1 fully saturated rings. The Morgan fingerprint density at radius 1 is 1.24 bits per heavy atom. The maximum absolute atomic E-state index is 6.35. The summed E-state index contributed by atoms with van der Waals surface area (Å²) in [5.74, 6) is 0.614. The number of nitrogens with two attached hydrogens (primary N) is 1. The third-order valence-electron chi connectivity index (χ3n) is 3.47. The SMILES string of the molecule is Cl.N[C@@H](c1cc(Cl)ccc1Br)C1CCCCC1. The lowest BCUT2D eigenvalue weighted by Gasteiger charge is -2.28. The summed E-state index contributed by atoms with van der Waals surface area (Å²) in [4.78, 5) is 0. The molecule has 0 aliphatic heterocycles. The Balaban J connectivity index is 0.00000144. The van der Waals surface area contributed by atoms with Gasteiger partial charge in [0.05, 0.1) is 0 Å². The summed E-state index contributed by atoms with van der Waals surface area (Å²) in [5.41, 5.74) is 7.50. The van der Waals surface area contributed by atoms with Crippen molar-refractivity contribution >= 4 is 39.9 Å². The summed E-state index contributed by atoms with van der Waals surface area (Å²) in [5, 5.41) is 0.768. The lowest BCUT2D eigenvalue weighted by Crippen LogP contribution is -2.23. The summed E-state index contributed by atoms with van der Waals surface area (Å²) in [7, 11) is 0. The minimum absolute atomic E-state index is 0. The number of hydrogen-bond donors (Lipinski definition) is 1. The van der Waals surface area contributed by atoms with Gasteiger partial charge < -0.3 is 5.73 Å². The highest BCUT2D eigenvalue weighted by Crippen LogP contribution is 2.36. The molecule has 17 heavy (non-hydrogen) atoms. The lowest BCUT2D eigenvalue weighted by molar-refractivity contribution is 0.307. The van der Waals surface area contributed by atoms with Gasteiger partial charge in [0.15, 0.2) is 0 Å². The zero-order valence-electron chi connectivity index (χ0n) is 9.66. The molecule has 4 heteroatoms. The third kappa shape index (κ3) is 3.85. The van der Waals surface area contributed by atoms with E-state index >= 15 is 0 Å². The van der Waals surface area contributed by atoms with Gasteiger partial charge in [-0.05, 0) is 42.5 Å². The predicted molar refractivity (Wildman–Crippen MR) is 79.9 cm³/mol. The largest absolute Gasteiger partial charge is 0.324 e. The van der Waals surface area contributed by atoms with Gasteiger partial charge in [0.1, 0.15) is 0 Å². The van der Waals surface area contributed by atoms with Crippen LogP contribution in [0, 0.1) is 5.92 Å². The van der Waals surface area contributed by atoms with Crippen molar-refractivity contribution in [3.63, 3.8) is 0 Å². The first-order chi connectivity index (χ1) is 7.68. The van der Waals surface area contributed by atoms with Crippen LogP contribution in [-0.2, 0) is 0 Å². The van der Waals surface area contributed by atoms with Gasteiger partial charge in [-0.25, -0.2) is 0 Å². The molecule has 96 valence electrons. The van der Waals surface area contributed by atoms with Gasteiger partial charge >= 0.3 is 0 Å². The first-order valence-corrected chi connectivity index (χ1v) is 7.06. The van der Waals surface area contributed by atoms with Gasteiger partial charge in [-0.1, -0.05) is 46.8 Å². The van der Waals surface area contributed by atoms with Crippen LogP contribution in [0.25, 0.3) is 0 Å². The molecule has 1 atom stereocenters. The minimum Gasteiger partial charge on any atom is -0.324 e. The Morgan fingerprint density at radius 2 is 1.88 bits per heavy atom. The van der Waals surface area contributed by atoms with E-state index in [9.17, 15) is 0 Å². The highest BCUT2D eigenvalue weighted by molar-refractivity contribution is 9.10. The summed E-state index contributed by atoms with van der Waals surface area (Å²) < 4.78 is 1.08. The van der Waals surface area contributed by atoms with E-state index in [0.29, 0.717) is 5.92 Å². The van der Waals surface area contributed by atoms with Crippen molar-refractivity contribution < 1.29 is 0 Å². The maximum Gasteiger partial charge on any atom is 0.0410 e. The van der Waals surface area contributed by atoms with Gasteiger partial charge in [0.2, 0.25) is 0 Å². The van der Waals surface area contributed by atoms with Crippen LogP contribution in [0.2, 0.25) is 5.02 Å². The Morgan fingerprint density at radius 3 is 2.53 bits per heavy atom. The van der Waals surface area contributed by atoms with E-state index in [1.807, 2.05) is 18.2 Å². The van der Waals surface area contributed by atoms with E-state index in [0.717, 1.165) is 15.1 Å². The van der Waals surface area contributed by atoms with Crippen molar-refractivity contribution in [2.75, 3.05) is 0 Å². The fourth-order valence-corrected chi connectivity index (χ4v) is 3.21. The van der Waals surface area contributed by atoms with Crippen LogP contribution in [-0.4, -0.2) is 0 Å². The molecule has 1 aromatic carbocycles. The summed E-state index contributed by atoms with van der Waals surface area (Å²) in [6, 6.07) is 5.99. The van der Waals surface area contributed by atoms with Crippen molar-refractivity contribution in [2.45, 2.75) is 38.1 Å². The molecule has 1 saturated carbocycles. The summed E-state index contributed by atoms with van der Waals surface area (Å²) in [6.45, 7) is 0. The second-order valence-electron chi connectivity index (χ2n) is 4.59. The van der Waals surface area contributed by atoms with E-state index in [1.165, 1.54) is 32.1 Å². The normalized spacial score (nSPS) is 18.5. The number of rotatable bonds is 2. The highest BCUT2D eigenvalue weighted by Gasteiger charge is 2.23. The molecule has 1 aliphatic rings. The van der Waals surface area contributed by atoms with E-state index < -0.39 is 0 Å². The zero-order chi connectivity index (χ0) is 11.5. The molecular weight excluding hydrogens is 321 g/mol. The monoisotopic (exact) mass is 337 g/mol. The van der Waals surface area contributed by atoms with E-state index in [-0.39, 0.29) is 18.4 Å². The van der Waals surface area contributed by atoms with E-state index in [2.05, 4.69) is 15.9 Å². The van der Waals surface area contributed by atoms with Gasteiger partial charge in [-0.3, -0.25) is 0 Å². The number of benzene rings is 1. The molecule has 1 nitrogen and oxygen atoms in total. The summed E-state index contributed by atoms with van der Waals surface area (Å²) >= 11 is 9.58. The molecule has 0 radical (unpaired) electrons. The fraction of sp³-hybridized carbons (Fsp3) is 0.538. The molecule has 0 spiro atoms. The van der Waals surface area contributed by atoms with E-state index in [1.54, 1.807) is 0 Å². The molecule has 1 aromatic rings. The minimum atomic E-state index is 0. The van der Waals surface area contributed by atoms with Crippen molar-refractivity contribution in [3.8, 4) is 0 Å². The van der Waals surface area contributed by atoms with Crippen molar-refractivity contribution in [1.82, 2.24) is 0 Å². The average Bonchev–Trinajstić information content (AvgIpc) is 2.32. The Hall–Kier alpha value is 0.240. The second kappa shape index (κ2) is 6.98. The molecule has 0 heterocycles. The van der Waals surface area contributed by atoms with Crippen LogP contribution in [0.15, 0.2) is 22.7 Å². The van der Waals surface area contributed by atoms with Crippen molar-refractivity contribution in [1.29, 1.82) is 0 Å². The van der Waals surface area contributed by atoms with Gasteiger partial charge in [0.25, 0.3) is 0 Å². The van der Waals surface area contributed by atoms with Gasteiger partial charge in [-0.15, -0.1) is 12.4 Å². The van der Waals surface area contributed by atoms with Crippen LogP contribution < -0.4 is 5.73 Å². The Kier molecular flexibility index (Phi) is 6.28. The smallest absolute Gasteiger partial charge is 0.0410 e.